The largest absolute Gasteiger partial charge is 0.504 e. The molecule has 0 saturated carbocycles. The molecule has 3 nitrogen and oxygen atoms in total. The van der Waals surface area contributed by atoms with E-state index in [1.807, 2.05) is 6.07 Å². The van der Waals surface area contributed by atoms with Gasteiger partial charge in [-0.3, -0.25) is 0 Å². The van der Waals surface area contributed by atoms with Gasteiger partial charge in [0.05, 0.1) is 0 Å². The summed E-state index contributed by atoms with van der Waals surface area (Å²) in [6.45, 7) is 1.87. The van der Waals surface area contributed by atoms with Crippen LogP contribution in [0.4, 0.5) is 0 Å². The minimum Gasteiger partial charge on any atom is -0.504 e. The van der Waals surface area contributed by atoms with Gasteiger partial charge in [0.2, 0.25) is 0 Å². The fourth-order valence-electron chi connectivity index (χ4n) is 1.80. The molecular formula is C10H13NO2. The Labute approximate surface area is 77.0 Å². The van der Waals surface area contributed by atoms with Crippen molar-refractivity contribution in [3.8, 4) is 11.5 Å². The normalized spacial score (nSPS) is 22.0. The summed E-state index contributed by atoms with van der Waals surface area (Å²) in [5, 5.41) is 22.1. The molecule has 1 aliphatic rings. The Bertz CT molecular complexity index is 306. The van der Waals surface area contributed by atoms with Gasteiger partial charge in [-0.15, -0.1) is 0 Å². The Morgan fingerprint density at radius 1 is 1.31 bits per heavy atom. The molecule has 1 aliphatic heterocycles. The molecule has 1 atom stereocenters. The van der Waals surface area contributed by atoms with Gasteiger partial charge in [0.1, 0.15) is 0 Å². The molecule has 1 aromatic carbocycles. The summed E-state index contributed by atoms with van der Waals surface area (Å²) in [6.07, 6.45) is 1.02. The SMILES string of the molecule is Oc1cccc(C2CCNC2)c1O. The van der Waals surface area contributed by atoms with Crippen LogP contribution in [0.3, 0.4) is 0 Å². The van der Waals surface area contributed by atoms with Crippen LogP contribution in [0.15, 0.2) is 18.2 Å². The van der Waals surface area contributed by atoms with E-state index in [9.17, 15) is 10.2 Å². The first-order valence-electron chi connectivity index (χ1n) is 4.50. The summed E-state index contributed by atoms with van der Waals surface area (Å²) in [5.41, 5.74) is 0.852. The lowest BCUT2D eigenvalue weighted by atomic mass is 9.97. The Hall–Kier alpha value is -1.22. The average Bonchev–Trinajstić information content (AvgIpc) is 2.62. The summed E-state index contributed by atoms with van der Waals surface area (Å²) in [4.78, 5) is 0. The van der Waals surface area contributed by atoms with Crippen molar-refractivity contribution in [3.63, 3.8) is 0 Å². The number of hydrogen-bond acceptors (Lipinski definition) is 3. The summed E-state index contributed by atoms with van der Waals surface area (Å²) in [7, 11) is 0. The predicted octanol–water partition coefficient (Wildman–Crippen LogP) is 1.17. The standard InChI is InChI=1S/C10H13NO2/c12-9-3-1-2-8(10(9)13)7-4-5-11-6-7/h1-3,7,11-13H,4-6H2. The van der Waals surface area contributed by atoms with E-state index in [2.05, 4.69) is 5.32 Å². The molecule has 1 unspecified atom stereocenters. The second-order valence-corrected chi connectivity index (χ2v) is 3.40. The highest BCUT2D eigenvalue weighted by Crippen LogP contribution is 2.35. The number of benzene rings is 1. The van der Waals surface area contributed by atoms with Gasteiger partial charge in [0, 0.05) is 18.0 Å². The van der Waals surface area contributed by atoms with Crippen molar-refractivity contribution >= 4 is 0 Å². The fraction of sp³-hybridized carbons (Fsp3) is 0.400. The average molecular weight is 179 g/mol. The van der Waals surface area contributed by atoms with Crippen molar-refractivity contribution in [2.24, 2.45) is 0 Å². The van der Waals surface area contributed by atoms with Crippen molar-refractivity contribution in [2.45, 2.75) is 12.3 Å². The van der Waals surface area contributed by atoms with Gasteiger partial charge in [-0.1, -0.05) is 12.1 Å². The Morgan fingerprint density at radius 3 is 2.85 bits per heavy atom. The van der Waals surface area contributed by atoms with Gasteiger partial charge >= 0.3 is 0 Å². The Balaban J connectivity index is 2.33. The second-order valence-electron chi connectivity index (χ2n) is 3.40. The first-order valence-corrected chi connectivity index (χ1v) is 4.50. The molecule has 2 rings (SSSR count). The quantitative estimate of drug-likeness (QED) is 0.567. The van der Waals surface area contributed by atoms with E-state index in [0.717, 1.165) is 25.1 Å². The molecular weight excluding hydrogens is 166 g/mol. The summed E-state index contributed by atoms with van der Waals surface area (Å²) >= 11 is 0. The summed E-state index contributed by atoms with van der Waals surface area (Å²) in [5.74, 6) is 0.354. The van der Waals surface area contributed by atoms with E-state index < -0.39 is 0 Å². The third-order valence-electron chi connectivity index (χ3n) is 2.55. The van der Waals surface area contributed by atoms with Crippen LogP contribution in [0.2, 0.25) is 0 Å². The number of aromatic hydroxyl groups is 2. The zero-order valence-electron chi connectivity index (χ0n) is 7.33. The van der Waals surface area contributed by atoms with Crippen LogP contribution >= 0.6 is 0 Å². The van der Waals surface area contributed by atoms with Crippen LogP contribution in [0.5, 0.6) is 11.5 Å². The molecule has 1 aromatic rings. The van der Waals surface area contributed by atoms with Crippen molar-refractivity contribution in [3.05, 3.63) is 23.8 Å². The minimum absolute atomic E-state index is 0.0237. The van der Waals surface area contributed by atoms with E-state index >= 15 is 0 Å². The van der Waals surface area contributed by atoms with E-state index in [-0.39, 0.29) is 11.5 Å². The summed E-state index contributed by atoms with van der Waals surface area (Å²) < 4.78 is 0. The lowest BCUT2D eigenvalue weighted by Gasteiger charge is -2.11. The van der Waals surface area contributed by atoms with Gasteiger partial charge in [0.25, 0.3) is 0 Å². The molecule has 13 heavy (non-hydrogen) atoms. The Kier molecular flexibility index (Phi) is 2.10. The lowest BCUT2D eigenvalue weighted by Crippen LogP contribution is -2.07. The third-order valence-corrected chi connectivity index (χ3v) is 2.55. The molecule has 70 valence electrons. The molecule has 1 fully saturated rings. The number of phenolic OH excluding ortho intramolecular Hbond substituents is 2. The molecule has 0 bridgehead atoms. The van der Waals surface area contributed by atoms with E-state index in [4.69, 9.17) is 0 Å². The predicted molar refractivity (Wildman–Crippen MR) is 50.0 cm³/mol. The molecule has 0 radical (unpaired) electrons. The number of phenols is 2. The minimum atomic E-state index is -0.0237. The molecule has 0 spiro atoms. The van der Waals surface area contributed by atoms with Crippen molar-refractivity contribution in [1.29, 1.82) is 0 Å². The van der Waals surface area contributed by atoms with Crippen molar-refractivity contribution in [2.75, 3.05) is 13.1 Å². The zero-order valence-corrected chi connectivity index (χ0v) is 7.33. The van der Waals surface area contributed by atoms with Crippen LogP contribution in [-0.2, 0) is 0 Å². The topological polar surface area (TPSA) is 52.5 Å². The number of rotatable bonds is 1. The van der Waals surface area contributed by atoms with Crippen molar-refractivity contribution in [1.82, 2.24) is 5.32 Å². The number of para-hydroxylation sites is 1. The van der Waals surface area contributed by atoms with Gasteiger partial charge in [-0.05, 0) is 19.0 Å². The van der Waals surface area contributed by atoms with E-state index in [0.29, 0.717) is 5.92 Å². The van der Waals surface area contributed by atoms with E-state index in [1.54, 1.807) is 6.07 Å². The molecule has 3 N–H and O–H groups in total. The van der Waals surface area contributed by atoms with Crippen LogP contribution in [0.25, 0.3) is 0 Å². The molecule has 0 aliphatic carbocycles. The van der Waals surface area contributed by atoms with Gasteiger partial charge in [-0.2, -0.15) is 0 Å². The number of hydrogen-bond donors (Lipinski definition) is 3. The zero-order chi connectivity index (χ0) is 9.26. The van der Waals surface area contributed by atoms with Crippen LogP contribution in [0, 0.1) is 0 Å². The number of nitrogens with one attached hydrogen (secondary N) is 1. The molecule has 1 heterocycles. The highest BCUT2D eigenvalue weighted by Gasteiger charge is 2.20. The smallest absolute Gasteiger partial charge is 0.161 e. The van der Waals surface area contributed by atoms with Crippen molar-refractivity contribution < 1.29 is 10.2 Å². The highest BCUT2D eigenvalue weighted by molar-refractivity contribution is 5.46. The van der Waals surface area contributed by atoms with Crippen LogP contribution < -0.4 is 5.32 Å². The van der Waals surface area contributed by atoms with Crippen LogP contribution in [0.1, 0.15) is 17.9 Å². The van der Waals surface area contributed by atoms with Gasteiger partial charge in [0.15, 0.2) is 11.5 Å². The summed E-state index contributed by atoms with van der Waals surface area (Å²) in [6, 6.07) is 5.14. The second kappa shape index (κ2) is 3.26. The maximum atomic E-state index is 9.58. The molecule has 0 amide bonds. The molecule has 3 heteroatoms. The Morgan fingerprint density at radius 2 is 2.15 bits per heavy atom. The highest BCUT2D eigenvalue weighted by atomic mass is 16.3. The third kappa shape index (κ3) is 1.47. The molecule has 0 aromatic heterocycles. The fourth-order valence-corrected chi connectivity index (χ4v) is 1.80. The van der Waals surface area contributed by atoms with E-state index in [1.165, 1.54) is 6.07 Å². The van der Waals surface area contributed by atoms with Crippen LogP contribution in [-0.4, -0.2) is 23.3 Å². The molecule has 1 saturated heterocycles. The maximum absolute atomic E-state index is 9.58. The monoisotopic (exact) mass is 179 g/mol. The maximum Gasteiger partial charge on any atom is 0.161 e. The lowest BCUT2D eigenvalue weighted by molar-refractivity contribution is 0.396. The van der Waals surface area contributed by atoms with Gasteiger partial charge in [-0.25, -0.2) is 0 Å². The van der Waals surface area contributed by atoms with Gasteiger partial charge < -0.3 is 15.5 Å². The first-order chi connectivity index (χ1) is 6.29. The first kappa shape index (κ1) is 8.38.